The van der Waals surface area contributed by atoms with Crippen molar-refractivity contribution in [3.63, 3.8) is 0 Å². The van der Waals surface area contributed by atoms with Gasteiger partial charge >= 0.3 is 0 Å². The Labute approximate surface area is 150 Å². The molecule has 25 heavy (non-hydrogen) atoms. The summed E-state index contributed by atoms with van der Waals surface area (Å²) in [5, 5.41) is 6.53. The van der Waals surface area contributed by atoms with E-state index < -0.39 is 0 Å². The fourth-order valence-corrected chi connectivity index (χ4v) is 2.32. The molecule has 0 unspecified atom stereocenters. The summed E-state index contributed by atoms with van der Waals surface area (Å²) in [5.74, 6) is 0.244. The lowest BCUT2D eigenvalue weighted by atomic mass is 10.2. The highest BCUT2D eigenvalue weighted by atomic mass is 35.5. The zero-order valence-electron chi connectivity index (χ0n) is 13.5. The van der Waals surface area contributed by atoms with Gasteiger partial charge in [-0.25, -0.2) is 9.97 Å². The number of hydrogen-bond donors (Lipinski definition) is 2. The van der Waals surface area contributed by atoms with Gasteiger partial charge < -0.3 is 10.6 Å². The molecule has 7 heteroatoms. The Morgan fingerprint density at radius 1 is 1.12 bits per heavy atom. The second-order valence-corrected chi connectivity index (χ2v) is 5.82. The third-order valence-electron chi connectivity index (χ3n) is 3.55. The lowest BCUT2D eigenvalue weighted by Crippen LogP contribution is -2.14. The van der Waals surface area contributed by atoms with Crippen LogP contribution in [0, 0.1) is 6.92 Å². The minimum absolute atomic E-state index is 0.268. The Balaban J connectivity index is 1.67. The molecule has 0 bridgehead atoms. The Bertz CT molecular complexity index is 886. The number of benzene rings is 1. The maximum atomic E-state index is 12.4. The first-order chi connectivity index (χ1) is 12.1. The molecule has 0 saturated heterocycles. The number of carbonyl (C=O) groups excluding carboxylic acids is 1. The van der Waals surface area contributed by atoms with Crippen molar-refractivity contribution in [3.05, 3.63) is 77.0 Å². The molecule has 126 valence electrons. The number of pyridine rings is 1. The number of rotatable bonds is 5. The molecule has 2 N–H and O–H groups in total. The Morgan fingerprint density at radius 2 is 1.92 bits per heavy atom. The molecule has 0 aliphatic rings. The molecule has 0 atom stereocenters. The fourth-order valence-electron chi connectivity index (χ4n) is 2.14. The van der Waals surface area contributed by atoms with Crippen molar-refractivity contribution in [2.24, 2.45) is 0 Å². The summed E-state index contributed by atoms with van der Waals surface area (Å²) in [4.78, 5) is 24.5. The largest absolute Gasteiger partial charge is 0.366 e. The predicted octanol–water partition coefficient (Wildman–Crippen LogP) is 3.70. The van der Waals surface area contributed by atoms with E-state index >= 15 is 0 Å². The molecule has 0 aliphatic heterocycles. The second-order valence-electron chi connectivity index (χ2n) is 5.42. The minimum Gasteiger partial charge on any atom is -0.366 e. The lowest BCUT2D eigenvalue weighted by molar-refractivity contribution is 0.102. The standard InChI is InChI=1S/C18H16ClN5O/c1-12-2-3-14(8-15(12)19)24-18(25)16-9-17(23-11-22-16)21-10-13-4-6-20-7-5-13/h2-9,11H,10H2,1H3,(H,24,25)(H,21,22,23). The fraction of sp³-hybridized carbons (Fsp3) is 0.111. The molecular weight excluding hydrogens is 338 g/mol. The van der Waals surface area contributed by atoms with Crippen LogP contribution in [0.1, 0.15) is 21.6 Å². The van der Waals surface area contributed by atoms with Crippen molar-refractivity contribution in [2.75, 3.05) is 10.6 Å². The lowest BCUT2D eigenvalue weighted by Gasteiger charge is -2.08. The van der Waals surface area contributed by atoms with Gasteiger partial charge in [-0.1, -0.05) is 17.7 Å². The number of amides is 1. The molecule has 0 spiro atoms. The van der Waals surface area contributed by atoms with Crippen LogP contribution in [-0.4, -0.2) is 20.9 Å². The first kappa shape index (κ1) is 16.9. The average molecular weight is 354 g/mol. The minimum atomic E-state index is -0.325. The van der Waals surface area contributed by atoms with E-state index in [0.29, 0.717) is 23.1 Å². The highest BCUT2D eigenvalue weighted by Gasteiger charge is 2.10. The third kappa shape index (κ3) is 4.51. The van der Waals surface area contributed by atoms with Gasteiger partial charge in [0.15, 0.2) is 0 Å². The first-order valence-electron chi connectivity index (χ1n) is 7.64. The summed E-state index contributed by atoms with van der Waals surface area (Å²) in [6.07, 6.45) is 4.80. The van der Waals surface area contributed by atoms with E-state index in [1.807, 2.05) is 25.1 Å². The summed E-state index contributed by atoms with van der Waals surface area (Å²) in [7, 11) is 0. The topological polar surface area (TPSA) is 79.8 Å². The molecule has 3 rings (SSSR count). The maximum absolute atomic E-state index is 12.4. The van der Waals surface area contributed by atoms with Crippen LogP contribution in [0.25, 0.3) is 0 Å². The van der Waals surface area contributed by atoms with Gasteiger partial charge in [-0.2, -0.15) is 0 Å². The molecular formula is C18H16ClN5O. The molecule has 0 fully saturated rings. The number of nitrogens with one attached hydrogen (secondary N) is 2. The van der Waals surface area contributed by atoms with Crippen LogP contribution in [0.2, 0.25) is 5.02 Å². The van der Waals surface area contributed by atoms with Crippen LogP contribution in [0.15, 0.2) is 55.1 Å². The predicted molar refractivity (Wildman–Crippen MR) is 97.7 cm³/mol. The zero-order chi connectivity index (χ0) is 17.6. The SMILES string of the molecule is Cc1ccc(NC(=O)c2cc(NCc3ccncc3)ncn2)cc1Cl. The monoisotopic (exact) mass is 353 g/mol. The second kappa shape index (κ2) is 7.72. The van der Waals surface area contributed by atoms with Gasteiger partial charge in [0.2, 0.25) is 0 Å². The summed E-state index contributed by atoms with van der Waals surface area (Å²) >= 11 is 6.08. The smallest absolute Gasteiger partial charge is 0.274 e. The van der Waals surface area contributed by atoms with E-state index in [1.165, 1.54) is 6.33 Å². The van der Waals surface area contributed by atoms with Gasteiger partial charge in [-0.15, -0.1) is 0 Å². The van der Waals surface area contributed by atoms with Crippen molar-refractivity contribution in [2.45, 2.75) is 13.5 Å². The van der Waals surface area contributed by atoms with Gasteiger partial charge in [0, 0.05) is 35.7 Å². The van der Waals surface area contributed by atoms with E-state index in [-0.39, 0.29) is 11.6 Å². The van der Waals surface area contributed by atoms with Crippen LogP contribution in [0.3, 0.4) is 0 Å². The van der Waals surface area contributed by atoms with Crippen molar-refractivity contribution in [3.8, 4) is 0 Å². The number of aromatic nitrogens is 3. The molecule has 0 aliphatic carbocycles. The van der Waals surface area contributed by atoms with Crippen molar-refractivity contribution in [1.82, 2.24) is 15.0 Å². The van der Waals surface area contributed by atoms with Crippen LogP contribution in [0.4, 0.5) is 11.5 Å². The summed E-state index contributed by atoms with van der Waals surface area (Å²) in [6.45, 7) is 2.48. The normalized spacial score (nSPS) is 10.3. The molecule has 1 amide bonds. The summed E-state index contributed by atoms with van der Waals surface area (Å²) in [6, 6.07) is 10.8. The quantitative estimate of drug-likeness (QED) is 0.731. The highest BCUT2D eigenvalue weighted by Crippen LogP contribution is 2.20. The summed E-state index contributed by atoms with van der Waals surface area (Å²) in [5.41, 5.74) is 2.90. The molecule has 0 saturated carbocycles. The van der Waals surface area contributed by atoms with E-state index in [0.717, 1.165) is 11.1 Å². The number of halogens is 1. The maximum Gasteiger partial charge on any atom is 0.274 e. The number of hydrogen-bond acceptors (Lipinski definition) is 5. The van der Waals surface area contributed by atoms with E-state index in [1.54, 1.807) is 30.6 Å². The molecule has 3 aromatic rings. The molecule has 6 nitrogen and oxygen atoms in total. The third-order valence-corrected chi connectivity index (χ3v) is 3.96. The van der Waals surface area contributed by atoms with E-state index in [9.17, 15) is 4.79 Å². The number of carbonyl (C=O) groups is 1. The first-order valence-corrected chi connectivity index (χ1v) is 8.02. The van der Waals surface area contributed by atoms with E-state index in [2.05, 4.69) is 25.6 Å². The Kier molecular flexibility index (Phi) is 5.20. The Hall–Kier alpha value is -2.99. The highest BCUT2D eigenvalue weighted by molar-refractivity contribution is 6.31. The number of aryl methyl sites for hydroxylation is 1. The van der Waals surface area contributed by atoms with Gasteiger partial charge in [-0.3, -0.25) is 9.78 Å². The van der Waals surface area contributed by atoms with Crippen molar-refractivity contribution in [1.29, 1.82) is 0 Å². The molecule has 1 aromatic carbocycles. The Morgan fingerprint density at radius 3 is 2.68 bits per heavy atom. The molecule has 0 radical (unpaired) electrons. The van der Waals surface area contributed by atoms with Gasteiger partial charge in [0.25, 0.3) is 5.91 Å². The molecule has 2 aromatic heterocycles. The molecule has 2 heterocycles. The van der Waals surface area contributed by atoms with E-state index in [4.69, 9.17) is 11.6 Å². The zero-order valence-corrected chi connectivity index (χ0v) is 14.3. The number of nitrogens with zero attached hydrogens (tertiary/aromatic N) is 3. The van der Waals surface area contributed by atoms with Gasteiger partial charge in [0.1, 0.15) is 17.8 Å². The van der Waals surface area contributed by atoms with Crippen LogP contribution >= 0.6 is 11.6 Å². The van der Waals surface area contributed by atoms with Gasteiger partial charge in [-0.05, 0) is 42.3 Å². The van der Waals surface area contributed by atoms with Gasteiger partial charge in [0.05, 0.1) is 0 Å². The van der Waals surface area contributed by atoms with Crippen LogP contribution < -0.4 is 10.6 Å². The van der Waals surface area contributed by atoms with Crippen LogP contribution in [-0.2, 0) is 6.54 Å². The van der Waals surface area contributed by atoms with Crippen LogP contribution in [0.5, 0.6) is 0 Å². The van der Waals surface area contributed by atoms with Crippen molar-refractivity contribution >= 4 is 29.0 Å². The van der Waals surface area contributed by atoms with Crippen molar-refractivity contribution < 1.29 is 4.79 Å². The average Bonchev–Trinajstić information content (AvgIpc) is 2.64. The summed E-state index contributed by atoms with van der Waals surface area (Å²) < 4.78 is 0. The number of anilines is 2.